The van der Waals surface area contributed by atoms with Gasteiger partial charge in [-0.25, -0.2) is 4.68 Å². The third-order valence-corrected chi connectivity index (χ3v) is 6.11. The fourth-order valence-electron chi connectivity index (χ4n) is 4.86. The summed E-state index contributed by atoms with van der Waals surface area (Å²) in [6, 6.07) is 10.2. The van der Waals surface area contributed by atoms with Crippen LogP contribution < -0.4 is 0 Å². The van der Waals surface area contributed by atoms with Crippen LogP contribution >= 0.6 is 0 Å². The third kappa shape index (κ3) is 2.09. The van der Waals surface area contributed by atoms with Crippen molar-refractivity contribution in [2.75, 3.05) is 0 Å². The van der Waals surface area contributed by atoms with Crippen LogP contribution in [0.3, 0.4) is 0 Å². The Morgan fingerprint density at radius 2 is 2.00 bits per heavy atom. The van der Waals surface area contributed by atoms with E-state index in [-0.39, 0.29) is 17.4 Å². The summed E-state index contributed by atoms with van der Waals surface area (Å²) in [6.07, 6.45) is 5.76. The lowest BCUT2D eigenvalue weighted by Gasteiger charge is -2.53. The molecule has 1 saturated carbocycles. The zero-order chi connectivity index (χ0) is 16.9. The summed E-state index contributed by atoms with van der Waals surface area (Å²) in [5.74, 6) is 0.190. The molecule has 1 aliphatic carbocycles. The second-order valence-corrected chi connectivity index (χ2v) is 7.95. The Kier molecular flexibility index (Phi) is 3.43. The summed E-state index contributed by atoms with van der Waals surface area (Å²) in [5.41, 5.74) is 1.93. The molecule has 24 heavy (non-hydrogen) atoms. The monoisotopic (exact) mass is 323 g/mol. The summed E-state index contributed by atoms with van der Waals surface area (Å²) in [6.45, 7) is 8.57. The lowest BCUT2D eigenvalue weighted by atomic mass is 9.57. The molecule has 0 unspecified atom stereocenters. The molecule has 2 aromatic rings. The first-order valence-electron chi connectivity index (χ1n) is 8.83. The number of nitrogens with zero attached hydrogens (tertiary/aromatic N) is 3. The third-order valence-electron chi connectivity index (χ3n) is 6.11. The summed E-state index contributed by atoms with van der Waals surface area (Å²) in [7, 11) is 0. The van der Waals surface area contributed by atoms with Gasteiger partial charge in [0.2, 0.25) is 0 Å². The lowest BCUT2D eigenvalue weighted by molar-refractivity contribution is -0.132. The molecule has 1 aromatic carbocycles. The van der Waals surface area contributed by atoms with Crippen LogP contribution in [0, 0.1) is 11.3 Å². The van der Waals surface area contributed by atoms with Gasteiger partial charge < -0.3 is 5.11 Å². The van der Waals surface area contributed by atoms with Crippen molar-refractivity contribution in [1.82, 2.24) is 15.0 Å². The number of benzene rings is 1. The van der Waals surface area contributed by atoms with Crippen molar-refractivity contribution < 1.29 is 5.11 Å². The molecule has 1 aliphatic heterocycles. The maximum absolute atomic E-state index is 11.8. The Bertz CT molecular complexity index is 764. The minimum atomic E-state index is -0.865. The Morgan fingerprint density at radius 1 is 1.25 bits per heavy atom. The van der Waals surface area contributed by atoms with Gasteiger partial charge in [0.15, 0.2) is 0 Å². The first kappa shape index (κ1) is 15.6. The topological polar surface area (TPSA) is 50.9 Å². The van der Waals surface area contributed by atoms with Gasteiger partial charge in [-0.15, -0.1) is 11.7 Å². The van der Waals surface area contributed by atoms with E-state index in [2.05, 4.69) is 30.7 Å². The maximum Gasteiger partial charge on any atom is 0.119 e. The average Bonchev–Trinajstić information content (AvgIpc) is 3.01. The highest BCUT2D eigenvalue weighted by atomic mass is 16.3. The van der Waals surface area contributed by atoms with Crippen LogP contribution in [0.2, 0.25) is 0 Å². The first-order chi connectivity index (χ1) is 11.5. The Morgan fingerprint density at radius 3 is 2.71 bits per heavy atom. The molecule has 0 radical (unpaired) electrons. The smallest absolute Gasteiger partial charge is 0.119 e. The van der Waals surface area contributed by atoms with E-state index in [1.165, 1.54) is 0 Å². The van der Waals surface area contributed by atoms with Crippen molar-refractivity contribution in [3.63, 3.8) is 0 Å². The second-order valence-electron chi connectivity index (χ2n) is 7.95. The molecule has 2 aliphatic rings. The van der Waals surface area contributed by atoms with Crippen molar-refractivity contribution in [3.05, 3.63) is 48.7 Å². The molecule has 2 heterocycles. The molecule has 1 N–H and O–H groups in total. The number of hydrogen-bond acceptors (Lipinski definition) is 3. The van der Waals surface area contributed by atoms with Gasteiger partial charge in [0.05, 0.1) is 11.7 Å². The molecule has 3 atom stereocenters. The van der Waals surface area contributed by atoms with Crippen molar-refractivity contribution in [2.45, 2.75) is 51.2 Å². The predicted octanol–water partition coefficient (Wildman–Crippen LogP) is 4.09. The van der Waals surface area contributed by atoms with E-state index in [0.29, 0.717) is 0 Å². The summed E-state index contributed by atoms with van der Waals surface area (Å²) in [4.78, 5) is 0. The van der Waals surface area contributed by atoms with E-state index in [4.69, 9.17) is 0 Å². The van der Waals surface area contributed by atoms with Crippen molar-refractivity contribution in [3.8, 4) is 11.3 Å². The van der Waals surface area contributed by atoms with Crippen molar-refractivity contribution >= 4 is 0 Å². The fraction of sp³-hybridized carbons (Fsp3) is 0.500. The standard InChI is InChI=1S/C20H25N3O/c1-4-15-13-16-19(2,3)11-8-12-20(16,24)18-17(21-22-23(15)18)14-9-6-5-7-10-14/h4-7,9-10,15-16,24H,1,8,11-13H2,2-3H3/t15-,16-,20+/m0/s1. The molecule has 0 spiro atoms. The first-order valence-corrected chi connectivity index (χ1v) is 8.83. The Labute approximate surface area is 143 Å². The number of allylic oxidation sites excluding steroid dienone is 1. The molecule has 1 aromatic heterocycles. The van der Waals surface area contributed by atoms with Gasteiger partial charge in [-0.05, 0) is 31.1 Å². The van der Waals surface area contributed by atoms with Gasteiger partial charge >= 0.3 is 0 Å². The van der Waals surface area contributed by atoms with Gasteiger partial charge in [0, 0.05) is 11.5 Å². The van der Waals surface area contributed by atoms with E-state index in [1.54, 1.807) is 0 Å². The molecule has 0 amide bonds. The number of hydrogen-bond donors (Lipinski definition) is 1. The minimum absolute atomic E-state index is 0.0904. The van der Waals surface area contributed by atoms with Gasteiger partial charge in [-0.2, -0.15) is 0 Å². The van der Waals surface area contributed by atoms with E-state index < -0.39 is 5.60 Å². The highest BCUT2D eigenvalue weighted by Crippen LogP contribution is 2.57. The molecule has 4 nitrogen and oxygen atoms in total. The van der Waals surface area contributed by atoms with Crippen LogP contribution in [0.15, 0.2) is 43.0 Å². The van der Waals surface area contributed by atoms with Crippen LogP contribution in [0.1, 0.15) is 51.3 Å². The Balaban J connectivity index is 1.94. The molecular weight excluding hydrogens is 298 g/mol. The summed E-state index contributed by atoms with van der Waals surface area (Å²) < 4.78 is 1.91. The van der Waals surface area contributed by atoms with Crippen LogP contribution in [0.25, 0.3) is 11.3 Å². The van der Waals surface area contributed by atoms with Crippen LogP contribution in [-0.2, 0) is 5.60 Å². The molecule has 4 rings (SSSR count). The quantitative estimate of drug-likeness (QED) is 0.847. The number of rotatable bonds is 2. The van der Waals surface area contributed by atoms with Crippen LogP contribution in [0.4, 0.5) is 0 Å². The highest BCUT2D eigenvalue weighted by molar-refractivity contribution is 5.63. The largest absolute Gasteiger partial charge is 0.383 e. The SMILES string of the molecule is C=C[C@H]1C[C@H]2C(C)(C)CCC[C@]2(O)c2c(-c3ccccc3)nnn21. The van der Waals surface area contributed by atoms with Crippen LogP contribution in [0.5, 0.6) is 0 Å². The van der Waals surface area contributed by atoms with E-state index in [1.807, 2.05) is 41.1 Å². The van der Waals surface area contributed by atoms with Gasteiger partial charge in [0.25, 0.3) is 0 Å². The predicted molar refractivity (Wildman–Crippen MR) is 94.3 cm³/mol. The number of aromatic nitrogens is 3. The molecule has 1 fully saturated rings. The summed E-state index contributed by atoms with van der Waals surface area (Å²) >= 11 is 0. The van der Waals surface area contributed by atoms with Gasteiger partial charge in [-0.1, -0.05) is 55.5 Å². The minimum Gasteiger partial charge on any atom is -0.383 e. The summed E-state index contributed by atoms with van der Waals surface area (Å²) in [5, 5.41) is 20.6. The molecule has 0 bridgehead atoms. The van der Waals surface area contributed by atoms with E-state index in [0.717, 1.165) is 42.6 Å². The lowest BCUT2D eigenvalue weighted by Crippen LogP contribution is -2.52. The average molecular weight is 323 g/mol. The Hall–Kier alpha value is -1.94. The van der Waals surface area contributed by atoms with E-state index in [9.17, 15) is 5.11 Å². The zero-order valence-corrected chi connectivity index (χ0v) is 14.4. The van der Waals surface area contributed by atoms with Crippen molar-refractivity contribution in [1.29, 1.82) is 0 Å². The second kappa shape index (κ2) is 5.28. The molecule has 0 saturated heterocycles. The van der Waals surface area contributed by atoms with E-state index >= 15 is 0 Å². The zero-order valence-electron chi connectivity index (χ0n) is 14.4. The normalized spacial score (nSPS) is 31.1. The van der Waals surface area contributed by atoms with Crippen LogP contribution in [-0.4, -0.2) is 20.1 Å². The number of fused-ring (bicyclic) bond motifs is 3. The maximum atomic E-state index is 11.8. The van der Waals surface area contributed by atoms with Gasteiger partial charge in [-0.3, -0.25) is 0 Å². The highest BCUT2D eigenvalue weighted by Gasteiger charge is 2.55. The fourth-order valence-corrected chi connectivity index (χ4v) is 4.86. The van der Waals surface area contributed by atoms with Crippen molar-refractivity contribution in [2.24, 2.45) is 11.3 Å². The molecule has 126 valence electrons. The molecular formula is C20H25N3O. The van der Waals surface area contributed by atoms with Gasteiger partial charge in [0.1, 0.15) is 11.3 Å². The molecule has 4 heteroatoms. The number of aliphatic hydroxyl groups is 1.